The number of nitrogens with two attached hydrogens (primary N) is 1. The highest BCUT2D eigenvalue weighted by atomic mass is 35.5. The molecule has 0 unspecified atom stereocenters. The van der Waals surface area contributed by atoms with Crippen molar-refractivity contribution in [1.29, 1.82) is 0 Å². The molecule has 120 valence electrons. The number of benzene rings is 1. The second kappa shape index (κ2) is 8.07. The Labute approximate surface area is 133 Å². The molecule has 1 aromatic rings. The molecule has 1 heterocycles. The Balaban J connectivity index is 1.92. The topological polar surface area (TPSA) is 94.2 Å². The zero-order chi connectivity index (χ0) is 15.9. The molecule has 2 N–H and O–H groups in total. The molecule has 0 atom stereocenters. The Kier molecular flexibility index (Phi) is 6.11. The lowest BCUT2D eigenvalue weighted by molar-refractivity contribution is 0.0358. The lowest BCUT2D eigenvalue weighted by Gasteiger charge is -2.26. The van der Waals surface area contributed by atoms with Crippen molar-refractivity contribution in [1.82, 2.24) is 4.90 Å². The average Bonchev–Trinajstić information content (AvgIpc) is 2.53. The molecule has 1 saturated heterocycles. The summed E-state index contributed by atoms with van der Waals surface area (Å²) in [5.41, 5.74) is 5.30. The molecular formula is C14H18ClN3O4. The fourth-order valence-electron chi connectivity index (χ4n) is 2.19. The van der Waals surface area contributed by atoms with Crippen LogP contribution in [-0.4, -0.2) is 50.3 Å². The van der Waals surface area contributed by atoms with E-state index < -0.39 is 5.91 Å². The highest BCUT2D eigenvalue weighted by Crippen LogP contribution is 2.35. The van der Waals surface area contributed by atoms with E-state index in [1.165, 1.54) is 12.1 Å². The number of nitroso groups, excluding NO2 is 1. The van der Waals surface area contributed by atoms with E-state index in [0.29, 0.717) is 6.61 Å². The van der Waals surface area contributed by atoms with Gasteiger partial charge in [0.1, 0.15) is 16.5 Å². The number of hydrogen-bond acceptors (Lipinski definition) is 6. The monoisotopic (exact) mass is 327 g/mol. The van der Waals surface area contributed by atoms with Gasteiger partial charge in [-0.05, 0) is 23.7 Å². The summed E-state index contributed by atoms with van der Waals surface area (Å²) in [6.07, 6.45) is 0.793. The number of rotatable bonds is 7. The third-order valence-corrected chi connectivity index (χ3v) is 3.76. The van der Waals surface area contributed by atoms with Gasteiger partial charge in [0.25, 0.3) is 0 Å². The smallest absolute Gasteiger partial charge is 0.248 e. The van der Waals surface area contributed by atoms with Crippen LogP contribution in [0.4, 0.5) is 5.69 Å². The van der Waals surface area contributed by atoms with E-state index in [1.807, 2.05) is 0 Å². The quantitative estimate of drug-likeness (QED) is 0.610. The molecular weight excluding hydrogens is 310 g/mol. The summed E-state index contributed by atoms with van der Waals surface area (Å²) in [5.74, 6) is -0.422. The number of amides is 1. The van der Waals surface area contributed by atoms with Crippen molar-refractivity contribution < 1.29 is 14.3 Å². The number of carbonyl (C=O) groups excluding carboxylic acids is 1. The average molecular weight is 328 g/mol. The fourth-order valence-corrected chi connectivity index (χ4v) is 2.39. The van der Waals surface area contributed by atoms with E-state index in [9.17, 15) is 9.70 Å². The van der Waals surface area contributed by atoms with Gasteiger partial charge < -0.3 is 15.2 Å². The summed E-state index contributed by atoms with van der Waals surface area (Å²) in [4.78, 5) is 24.2. The molecule has 22 heavy (non-hydrogen) atoms. The number of primary amides is 1. The maximum absolute atomic E-state index is 11.2. The minimum atomic E-state index is -0.667. The van der Waals surface area contributed by atoms with Gasteiger partial charge in [-0.25, -0.2) is 0 Å². The number of nitrogens with zero attached hydrogens (tertiary/aromatic N) is 2. The van der Waals surface area contributed by atoms with Crippen molar-refractivity contribution in [3.63, 3.8) is 0 Å². The first-order valence-corrected chi connectivity index (χ1v) is 7.39. The van der Waals surface area contributed by atoms with Crippen molar-refractivity contribution in [2.75, 3.05) is 39.5 Å². The Bertz CT molecular complexity index is 547. The standard InChI is InChI=1S/C14H18ClN3O4/c15-13-11(17-20)8-10(14(16)19)9-12(13)22-5-1-2-18-3-6-21-7-4-18/h8-9H,1-7H2,(H2,16,19). The molecule has 0 spiro atoms. The molecule has 2 rings (SSSR count). The van der Waals surface area contributed by atoms with Gasteiger partial charge in [0.2, 0.25) is 5.91 Å². The van der Waals surface area contributed by atoms with Crippen molar-refractivity contribution in [3.05, 3.63) is 27.6 Å². The summed E-state index contributed by atoms with van der Waals surface area (Å²) in [5, 5.41) is 2.87. The van der Waals surface area contributed by atoms with E-state index in [1.54, 1.807) is 0 Å². The minimum absolute atomic E-state index is 0.0545. The van der Waals surface area contributed by atoms with Gasteiger partial charge in [0, 0.05) is 25.2 Å². The predicted molar refractivity (Wildman–Crippen MR) is 82.8 cm³/mol. The van der Waals surface area contributed by atoms with Gasteiger partial charge in [0.15, 0.2) is 0 Å². The van der Waals surface area contributed by atoms with Gasteiger partial charge >= 0.3 is 0 Å². The first-order valence-electron chi connectivity index (χ1n) is 7.01. The Morgan fingerprint density at radius 1 is 1.41 bits per heavy atom. The first-order chi connectivity index (χ1) is 10.6. The maximum Gasteiger partial charge on any atom is 0.248 e. The van der Waals surface area contributed by atoms with E-state index in [2.05, 4.69) is 10.1 Å². The second-order valence-corrected chi connectivity index (χ2v) is 5.30. The lowest BCUT2D eigenvalue weighted by atomic mass is 10.2. The van der Waals surface area contributed by atoms with Crippen LogP contribution in [0, 0.1) is 4.91 Å². The molecule has 0 aromatic heterocycles. The molecule has 8 heteroatoms. The highest BCUT2D eigenvalue weighted by molar-refractivity contribution is 6.34. The lowest BCUT2D eigenvalue weighted by Crippen LogP contribution is -2.37. The molecule has 0 bridgehead atoms. The van der Waals surface area contributed by atoms with Gasteiger partial charge in [-0.3, -0.25) is 9.69 Å². The van der Waals surface area contributed by atoms with Gasteiger partial charge in [-0.2, -0.15) is 0 Å². The summed E-state index contributed by atoms with van der Waals surface area (Å²) in [6, 6.07) is 2.67. The third-order valence-electron chi connectivity index (χ3n) is 3.38. The molecule has 1 aliphatic heterocycles. The summed E-state index contributed by atoms with van der Waals surface area (Å²) < 4.78 is 10.8. The number of ether oxygens (including phenoxy) is 2. The normalized spacial score (nSPS) is 15.5. The van der Waals surface area contributed by atoms with Crippen LogP contribution >= 0.6 is 11.6 Å². The van der Waals surface area contributed by atoms with Crippen LogP contribution in [0.3, 0.4) is 0 Å². The van der Waals surface area contributed by atoms with E-state index >= 15 is 0 Å². The first kappa shape index (κ1) is 16.7. The number of halogens is 1. The van der Waals surface area contributed by atoms with Crippen molar-refractivity contribution in [2.24, 2.45) is 10.9 Å². The fraction of sp³-hybridized carbons (Fsp3) is 0.500. The third kappa shape index (κ3) is 4.40. The van der Waals surface area contributed by atoms with Crippen LogP contribution in [0.5, 0.6) is 5.75 Å². The molecule has 0 aliphatic carbocycles. The van der Waals surface area contributed by atoms with Crippen LogP contribution in [0.2, 0.25) is 5.02 Å². The SMILES string of the molecule is NC(=O)c1cc(N=O)c(Cl)c(OCCCN2CCOCC2)c1. The largest absolute Gasteiger partial charge is 0.492 e. The Morgan fingerprint density at radius 3 is 2.77 bits per heavy atom. The number of carbonyl (C=O) groups is 1. The summed E-state index contributed by atoms with van der Waals surface area (Å²) >= 11 is 6.02. The molecule has 1 fully saturated rings. The number of hydrogen-bond donors (Lipinski definition) is 1. The van der Waals surface area contributed by atoms with Crippen LogP contribution in [-0.2, 0) is 4.74 Å². The van der Waals surface area contributed by atoms with Crippen molar-refractivity contribution >= 4 is 23.2 Å². The predicted octanol–water partition coefficient (Wildman–Crippen LogP) is 1.94. The molecule has 1 amide bonds. The molecule has 1 aromatic carbocycles. The van der Waals surface area contributed by atoms with E-state index in [0.717, 1.165) is 39.3 Å². The molecule has 0 radical (unpaired) electrons. The Morgan fingerprint density at radius 2 is 2.14 bits per heavy atom. The number of morpholine rings is 1. The second-order valence-electron chi connectivity index (χ2n) is 4.92. The molecule has 1 aliphatic rings. The molecule has 0 saturated carbocycles. The van der Waals surface area contributed by atoms with Gasteiger partial charge in [-0.15, -0.1) is 4.91 Å². The van der Waals surface area contributed by atoms with Crippen molar-refractivity contribution in [3.8, 4) is 5.75 Å². The Hall–Kier alpha value is -1.70. The van der Waals surface area contributed by atoms with E-state index in [4.69, 9.17) is 26.8 Å². The molecule has 7 nitrogen and oxygen atoms in total. The van der Waals surface area contributed by atoms with Crippen LogP contribution in [0.25, 0.3) is 0 Å². The summed E-state index contributed by atoms with van der Waals surface area (Å²) in [7, 11) is 0. The zero-order valence-corrected chi connectivity index (χ0v) is 12.8. The van der Waals surface area contributed by atoms with Gasteiger partial charge in [-0.1, -0.05) is 11.6 Å². The highest BCUT2D eigenvalue weighted by Gasteiger charge is 2.14. The van der Waals surface area contributed by atoms with Crippen molar-refractivity contribution in [2.45, 2.75) is 6.42 Å². The van der Waals surface area contributed by atoms with E-state index in [-0.39, 0.29) is 22.0 Å². The van der Waals surface area contributed by atoms with Crippen LogP contribution in [0.15, 0.2) is 17.3 Å². The van der Waals surface area contributed by atoms with Gasteiger partial charge in [0.05, 0.1) is 19.8 Å². The minimum Gasteiger partial charge on any atom is -0.492 e. The maximum atomic E-state index is 11.2. The van der Waals surface area contributed by atoms with Crippen LogP contribution < -0.4 is 10.5 Å². The zero-order valence-electron chi connectivity index (χ0n) is 12.1. The van der Waals surface area contributed by atoms with Crippen LogP contribution in [0.1, 0.15) is 16.8 Å². The summed E-state index contributed by atoms with van der Waals surface area (Å²) in [6.45, 7) is 4.63.